The van der Waals surface area contributed by atoms with Gasteiger partial charge in [-0.15, -0.1) is 0 Å². The molecule has 27 heavy (non-hydrogen) atoms. The first kappa shape index (κ1) is 17.9. The number of nitrogens with zero attached hydrogens (tertiary/aromatic N) is 3. The Morgan fingerprint density at radius 3 is 2.67 bits per heavy atom. The monoisotopic (exact) mass is 383 g/mol. The average Bonchev–Trinajstić information content (AvgIpc) is 3.08. The van der Waals surface area contributed by atoms with E-state index in [1.54, 1.807) is 6.07 Å². The summed E-state index contributed by atoms with van der Waals surface area (Å²) in [6, 6.07) is 10.9. The fourth-order valence-corrected chi connectivity index (χ4v) is 4.48. The van der Waals surface area contributed by atoms with Gasteiger partial charge in [-0.25, -0.2) is 9.37 Å². The molecule has 0 spiro atoms. The van der Waals surface area contributed by atoms with Gasteiger partial charge in [-0.2, -0.15) is 0 Å². The molecule has 4 rings (SSSR count). The molecule has 3 aromatic rings. The van der Waals surface area contributed by atoms with Crippen molar-refractivity contribution < 1.29 is 9.18 Å². The lowest BCUT2D eigenvalue weighted by Gasteiger charge is -2.34. The van der Waals surface area contributed by atoms with Crippen LogP contribution in [0.1, 0.15) is 16.7 Å². The first-order valence-electron chi connectivity index (χ1n) is 9.14. The maximum atomic E-state index is 13.4. The third kappa shape index (κ3) is 3.81. The molecule has 0 radical (unpaired) electrons. The Kier molecular flexibility index (Phi) is 4.83. The van der Waals surface area contributed by atoms with Gasteiger partial charge in [-0.05, 0) is 43.2 Å². The molecule has 140 valence electrons. The summed E-state index contributed by atoms with van der Waals surface area (Å²) < 4.78 is 14.2. The number of hydrogen-bond acceptors (Lipinski definition) is 4. The van der Waals surface area contributed by atoms with E-state index in [0.717, 1.165) is 39.6 Å². The Morgan fingerprint density at radius 1 is 1.11 bits per heavy atom. The van der Waals surface area contributed by atoms with Crippen LogP contribution < -0.4 is 4.90 Å². The second-order valence-corrected chi connectivity index (χ2v) is 8.09. The van der Waals surface area contributed by atoms with Gasteiger partial charge in [0.15, 0.2) is 5.13 Å². The lowest BCUT2D eigenvalue weighted by Crippen LogP contribution is -2.49. The zero-order valence-electron chi connectivity index (χ0n) is 15.5. The van der Waals surface area contributed by atoms with E-state index in [1.807, 2.05) is 4.90 Å². The van der Waals surface area contributed by atoms with Gasteiger partial charge in [-0.3, -0.25) is 4.79 Å². The van der Waals surface area contributed by atoms with E-state index in [2.05, 4.69) is 41.9 Å². The smallest absolute Gasteiger partial charge is 0.227 e. The van der Waals surface area contributed by atoms with Crippen molar-refractivity contribution in [1.29, 1.82) is 0 Å². The SMILES string of the molecule is Cc1ccc(C)c(CC(=O)N2CCN(c3nc4ccc(F)cc4s3)CC2)c1. The Bertz CT molecular complexity index is 992. The van der Waals surface area contributed by atoms with Gasteiger partial charge in [0, 0.05) is 26.2 Å². The van der Waals surface area contributed by atoms with Crippen LogP contribution in [0.15, 0.2) is 36.4 Å². The molecule has 4 nitrogen and oxygen atoms in total. The number of piperazine rings is 1. The van der Waals surface area contributed by atoms with E-state index in [9.17, 15) is 9.18 Å². The van der Waals surface area contributed by atoms with Gasteiger partial charge < -0.3 is 9.80 Å². The number of amides is 1. The molecule has 0 saturated carbocycles. The average molecular weight is 383 g/mol. The number of halogens is 1. The molecular formula is C21H22FN3OS. The highest BCUT2D eigenvalue weighted by Gasteiger charge is 2.23. The van der Waals surface area contributed by atoms with Crippen molar-refractivity contribution in [1.82, 2.24) is 9.88 Å². The van der Waals surface area contributed by atoms with Crippen molar-refractivity contribution >= 4 is 32.6 Å². The molecule has 0 unspecified atom stereocenters. The Balaban J connectivity index is 1.40. The summed E-state index contributed by atoms with van der Waals surface area (Å²) in [7, 11) is 0. The molecule has 1 saturated heterocycles. The summed E-state index contributed by atoms with van der Waals surface area (Å²) in [5.41, 5.74) is 4.27. The summed E-state index contributed by atoms with van der Waals surface area (Å²) in [6.45, 7) is 6.98. The molecular weight excluding hydrogens is 361 g/mol. The quantitative estimate of drug-likeness (QED) is 0.687. The molecule has 2 heterocycles. The van der Waals surface area contributed by atoms with Crippen molar-refractivity contribution in [2.75, 3.05) is 31.1 Å². The molecule has 6 heteroatoms. The van der Waals surface area contributed by atoms with Crippen LogP contribution in [-0.2, 0) is 11.2 Å². The van der Waals surface area contributed by atoms with E-state index in [1.165, 1.54) is 29.0 Å². The zero-order chi connectivity index (χ0) is 19.0. The van der Waals surface area contributed by atoms with Crippen LogP contribution in [0.4, 0.5) is 9.52 Å². The third-order valence-corrected chi connectivity index (χ3v) is 6.17. The van der Waals surface area contributed by atoms with E-state index >= 15 is 0 Å². The third-order valence-electron chi connectivity index (χ3n) is 5.09. The number of benzene rings is 2. The minimum absolute atomic E-state index is 0.176. The number of aromatic nitrogens is 1. The number of thiazole rings is 1. The second-order valence-electron chi connectivity index (χ2n) is 7.08. The van der Waals surface area contributed by atoms with Crippen LogP contribution in [0, 0.1) is 19.7 Å². The molecule has 0 bridgehead atoms. The first-order valence-corrected chi connectivity index (χ1v) is 9.96. The minimum Gasteiger partial charge on any atom is -0.345 e. The van der Waals surface area contributed by atoms with Crippen LogP contribution in [0.2, 0.25) is 0 Å². The maximum absolute atomic E-state index is 13.4. The first-order chi connectivity index (χ1) is 13.0. The molecule has 1 fully saturated rings. The number of carbonyl (C=O) groups is 1. The Labute approximate surface area is 162 Å². The van der Waals surface area contributed by atoms with Crippen LogP contribution in [0.3, 0.4) is 0 Å². The summed E-state index contributed by atoms with van der Waals surface area (Å²) in [6.07, 6.45) is 0.452. The largest absolute Gasteiger partial charge is 0.345 e. The van der Waals surface area contributed by atoms with Crippen molar-refractivity contribution in [2.24, 2.45) is 0 Å². The molecule has 1 aliphatic rings. The predicted molar refractivity (Wildman–Crippen MR) is 108 cm³/mol. The Morgan fingerprint density at radius 2 is 1.89 bits per heavy atom. The van der Waals surface area contributed by atoms with E-state index in [-0.39, 0.29) is 11.7 Å². The highest BCUT2D eigenvalue weighted by molar-refractivity contribution is 7.22. The van der Waals surface area contributed by atoms with Crippen LogP contribution in [-0.4, -0.2) is 42.0 Å². The highest BCUT2D eigenvalue weighted by Crippen LogP contribution is 2.30. The van der Waals surface area contributed by atoms with Gasteiger partial charge in [0.25, 0.3) is 0 Å². The lowest BCUT2D eigenvalue weighted by atomic mass is 10.0. The molecule has 2 aromatic carbocycles. The lowest BCUT2D eigenvalue weighted by molar-refractivity contribution is -0.130. The van der Waals surface area contributed by atoms with Crippen LogP contribution in [0.25, 0.3) is 10.2 Å². The van der Waals surface area contributed by atoms with Crippen molar-refractivity contribution in [3.05, 3.63) is 58.9 Å². The summed E-state index contributed by atoms with van der Waals surface area (Å²) in [4.78, 5) is 21.4. The Hall–Kier alpha value is -2.47. The van der Waals surface area contributed by atoms with Crippen molar-refractivity contribution in [3.63, 3.8) is 0 Å². The number of aryl methyl sites for hydroxylation is 2. The fraction of sp³-hybridized carbons (Fsp3) is 0.333. The molecule has 0 atom stereocenters. The highest BCUT2D eigenvalue weighted by atomic mass is 32.1. The number of anilines is 1. The number of carbonyl (C=O) groups excluding carboxylic acids is 1. The molecule has 1 aromatic heterocycles. The van der Waals surface area contributed by atoms with Gasteiger partial charge in [0.2, 0.25) is 5.91 Å². The zero-order valence-corrected chi connectivity index (χ0v) is 16.4. The summed E-state index contributed by atoms with van der Waals surface area (Å²) >= 11 is 1.51. The fourth-order valence-electron chi connectivity index (χ4n) is 3.43. The summed E-state index contributed by atoms with van der Waals surface area (Å²) in [5.74, 6) is -0.0609. The second kappa shape index (κ2) is 7.27. The number of rotatable bonds is 3. The molecule has 1 aliphatic heterocycles. The normalized spacial score (nSPS) is 14.8. The topological polar surface area (TPSA) is 36.4 Å². The van der Waals surface area contributed by atoms with Crippen LogP contribution in [0.5, 0.6) is 0 Å². The van der Waals surface area contributed by atoms with Gasteiger partial charge in [0.1, 0.15) is 5.82 Å². The number of fused-ring (bicyclic) bond motifs is 1. The van der Waals surface area contributed by atoms with Gasteiger partial charge in [-0.1, -0.05) is 35.1 Å². The van der Waals surface area contributed by atoms with Crippen molar-refractivity contribution in [2.45, 2.75) is 20.3 Å². The minimum atomic E-state index is -0.237. The maximum Gasteiger partial charge on any atom is 0.227 e. The van der Waals surface area contributed by atoms with E-state index in [0.29, 0.717) is 19.5 Å². The van der Waals surface area contributed by atoms with Gasteiger partial charge >= 0.3 is 0 Å². The van der Waals surface area contributed by atoms with Crippen molar-refractivity contribution in [3.8, 4) is 0 Å². The summed E-state index contributed by atoms with van der Waals surface area (Å²) in [5, 5.41) is 0.900. The standard InChI is InChI=1S/C21H22FN3OS/c1-14-3-4-15(2)16(11-14)12-20(26)24-7-9-25(10-8-24)21-23-18-6-5-17(22)13-19(18)27-21/h3-6,11,13H,7-10,12H2,1-2H3. The molecule has 1 amide bonds. The van der Waals surface area contributed by atoms with Crippen LogP contribution >= 0.6 is 11.3 Å². The van der Waals surface area contributed by atoms with E-state index in [4.69, 9.17) is 0 Å². The molecule has 0 aliphatic carbocycles. The number of hydrogen-bond donors (Lipinski definition) is 0. The molecule has 0 N–H and O–H groups in total. The van der Waals surface area contributed by atoms with E-state index < -0.39 is 0 Å². The van der Waals surface area contributed by atoms with Gasteiger partial charge in [0.05, 0.1) is 16.6 Å². The predicted octanol–water partition coefficient (Wildman–Crippen LogP) is 3.94.